The van der Waals surface area contributed by atoms with Gasteiger partial charge in [-0.05, 0) is 19.1 Å². The Morgan fingerprint density at radius 1 is 1.58 bits per heavy atom. The lowest BCUT2D eigenvalue weighted by atomic mass is 10.1. The average Bonchev–Trinajstić information content (AvgIpc) is 2.83. The van der Waals surface area contributed by atoms with Gasteiger partial charge in [0.15, 0.2) is 0 Å². The summed E-state index contributed by atoms with van der Waals surface area (Å²) in [5.41, 5.74) is 1.65. The minimum atomic E-state index is -0.511. The maximum Gasteiger partial charge on any atom is 0.255 e. The minimum Gasteiger partial charge on any atom is -0.348 e. The van der Waals surface area contributed by atoms with E-state index < -0.39 is 5.82 Å². The molecule has 0 unspecified atom stereocenters. The third-order valence-electron chi connectivity index (χ3n) is 2.70. The van der Waals surface area contributed by atoms with Crippen molar-refractivity contribution in [2.75, 3.05) is 0 Å². The third kappa shape index (κ3) is 2.77. The van der Waals surface area contributed by atoms with Gasteiger partial charge in [0.2, 0.25) is 0 Å². The zero-order valence-electron chi connectivity index (χ0n) is 10.2. The number of rotatable bonds is 3. The van der Waals surface area contributed by atoms with Crippen molar-refractivity contribution in [1.29, 1.82) is 5.26 Å². The van der Waals surface area contributed by atoms with Gasteiger partial charge >= 0.3 is 0 Å². The number of nitrogens with one attached hydrogen (secondary N) is 2. The van der Waals surface area contributed by atoms with Gasteiger partial charge in [-0.2, -0.15) is 10.4 Å². The largest absolute Gasteiger partial charge is 0.348 e. The van der Waals surface area contributed by atoms with Crippen molar-refractivity contribution < 1.29 is 9.18 Å². The first-order valence-electron chi connectivity index (χ1n) is 5.58. The van der Waals surface area contributed by atoms with Crippen LogP contribution >= 0.6 is 0 Å². The van der Waals surface area contributed by atoms with E-state index >= 15 is 0 Å². The molecule has 6 heteroatoms. The van der Waals surface area contributed by atoms with E-state index in [9.17, 15) is 9.18 Å². The Hall–Kier alpha value is -2.68. The monoisotopic (exact) mass is 258 g/mol. The number of halogens is 1. The van der Waals surface area contributed by atoms with Gasteiger partial charge in [0.25, 0.3) is 5.91 Å². The molecule has 0 atom stereocenters. The molecule has 0 saturated carbocycles. The van der Waals surface area contributed by atoms with Crippen LogP contribution in [0.25, 0.3) is 0 Å². The smallest absolute Gasteiger partial charge is 0.255 e. The summed E-state index contributed by atoms with van der Waals surface area (Å²) in [6, 6.07) is 5.98. The fourth-order valence-electron chi connectivity index (χ4n) is 1.61. The van der Waals surface area contributed by atoms with E-state index in [1.54, 1.807) is 6.92 Å². The molecular formula is C13H11FN4O. The number of aromatic amines is 1. The first-order valence-corrected chi connectivity index (χ1v) is 5.58. The molecular weight excluding hydrogens is 247 g/mol. The van der Waals surface area contributed by atoms with Gasteiger partial charge in [0.1, 0.15) is 5.82 Å². The molecule has 1 aromatic carbocycles. The molecule has 0 radical (unpaired) electrons. The van der Waals surface area contributed by atoms with Crippen LogP contribution in [-0.2, 0) is 6.54 Å². The van der Waals surface area contributed by atoms with Crippen LogP contribution in [0.3, 0.4) is 0 Å². The second-order valence-electron chi connectivity index (χ2n) is 4.01. The van der Waals surface area contributed by atoms with Crippen LogP contribution in [0.1, 0.15) is 27.2 Å². The van der Waals surface area contributed by atoms with Crippen molar-refractivity contribution in [2.24, 2.45) is 0 Å². The number of carbonyl (C=O) groups excluding carboxylic acids is 1. The van der Waals surface area contributed by atoms with Crippen LogP contribution in [0.5, 0.6) is 0 Å². The maximum absolute atomic E-state index is 13.6. The summed E-state index contributed by atoms with van der Waals surface area (Å²) in [5.74, 6) is -0.835. The van der Waals surface area contributed by atoms with Crippen LogP contribution in [0.15, 0.2) is 24.4 Å². The second kappa shape index (κ2) is 5.31. The number of amides is 1. The fourth-order valence-corrected chi connectivity index (χ4v) is 1.61. The van der Waals surface area contributed by atoms with Crippen LogP contribution in [0.2, 0.25) is 0 Å². The molecule has 0 aliphatic carbocycles. The SMILES string of the molecule is Cc1[nH]ncc1C(=O)NCc1ccc(C#N)cc1F. The quantitative estimate of drug-likeness (QED) is 0.878. The lowest BCUT2D eigenvalue weighted by Gasteiger charge is -2.06. The van der Waals surface area contributed by atoms with Crippen LogP contribution in [0, 0.1) is 24.1 Å². The highest BCUT2D eigenvalue weighted by atomic mass is 19.1. The number of aryl methyl sites for hydroxylation is 1. The molecule has 2 aromatic rings. The number of benzene rings is 1. The fraction of sp³-hybridized carbons (Fsp3) is 0.154. The highest BCUT2D eigenvalue weighted by Gasteiger charge is 2.11. The van der Waals surface area contributed by atoms with E-state index in [4.69, 9.17) is 5.26 Å². The van der Waals surface area contributed by atoms with Gasteiger partial charge in [0.05, 0.1) is 23.4 Å². The van der Waals surface area contributed by atoms with Gasteiger partial charge in [-0.25, -0.2) is 4.39 Å². The lowest BCUT2D eigenvalue weighted by Crippen LogP contribution is -2.23. The molecule has 0 bridgehead atoms. The third-order valence-corrected chi connectivity index (χ3v) is 2.70. The Morgan fingerprint density at radius 3 is 2.95 bits per heavy atom. The van der Waals surface area contributed by atoms with Gasteiger partial charge < -0.3 is 5.32 Å². The van der Waals surface area contributed by atoms with Gasteiger partial charge in [0, 0.05) is 17.8 Å². The normalized spacial score (nSPS) is 9.95. The Kier molecular flexibility index (Phi) is 3.57. The Morgan fingerprint density at radius 2 is 2.37 bits per heavy atom. The molecule has 1 heterocycles. The highest BCUT2D eigenvalue weighted by molar-refractivity contribution is 5.94. The first kappa shape index (κ1) is 12.8. The minimum absolute atomic E-state index is 0.0565. The second-order valence-corrected chi connectivity index (χ2v) is 4.01. The van der Waals surface area contributed by atoms with E-state index in [1.807, 2.05) is 6.07 Å². The predicted molar refractivity (Wildman–Crippen MR) is 65.6 cm³/mol. The number of carbonyl (C=O) groups is 1. The zero-order valence-corrected chi connectivity index (χ0v) is 10.2. The summed E-state index contributed by atoms with van der Waals surface area (Å²) >= 11 is 0. The number of nitrogens with zero attached hydrogens (tertiary/aromatic N) is 2. The maximum atomic E-state index is 13.6. The van der Waals surface area contributed by atoms with E-state index in [2.05, 4.69) is 15.5 Å². The molecule has 2 rings (SSSR count). The summed E-state index contributed by atoms with van der Waals surface area (Å²) in [5, 5.41) is 17.6. The Balaban J connectivity index is 2.06. The summed E-state index contributed by atoms with van der Waals surface area (Å²) in [6.07, 6.45) is 1.42. The number of aromatic nitrogens is 2. The molecule has 0 fully saturated rings. The predicted octanol–water partition coefficient (Wildman–Crippen LogP) is 1.66. The lowest BCUT2D eigenvalue weighted by molar-refractivity contribution is 0.0950. The van der Waals surface area contributed by atoms with E-state index in [-0.39, 0.29) is 18.0 Å². The molecule has 2 N–H and O–H groups in total. The molecule has 1 aromatic heterocycles. The van der Waals surface area contributed by atoms with Crippen molar-refractivity contribution in [1.82, 2.24) is 15.5 Å². The summed E-state index contributed by atoms with van der Waals surface area (Å²) in [7, 11) is 0. The van der Waals surface area contributed by atoms with Crippen molar-refractivity contribution in [3.63, 3.8) is 0 Å². The molecule has 0 aliphatic rings. The highest BCUT2D eigenvalue weighted by Crippen LogP contribution is 2.10. The van der Waals surface area contributed by atoms with Crippen LogP contribution in [-0.4, -0.2) is 16.1 Å². The molecule has 96 valence electrons. The van der Waals surface area contributed by atoms with Crippen molar-refractivity contribution >= 4 is 5.91 Å². The molecule has 0 saturated heterocycles. The zero-order chi connectivity index (χ0) is 13.8. The molecule has 0 aliphatic heterocycles. The van der Waals surface area contributed by atoms with Crippen LogP contribution < -0.4 is 5.32 Å². The topological polar surface area (TPSA) is 81.6 Å². The summed E-state index contributed by atoms with van der Waals surface area (Å²) < 4.78 is 13.6. The van der Waals surface area contributed by atoms with E-state index in [0.29, 0.717) is 16.8 Å². The Labute approximate surface area is 109 Å². The standard InChI is InChI=1S/C13H11FN4O/c1-8-11(7-17-18-8)13(19)16-6-10-3-2-9(5-15)4-12(10)14/h2-4,7H,6H2,1H3,(H,16,19)(H,17,18). The molecule has 1 amide bonds. The van der Waals surface area contributed by atoms with E-state index in [0.717, 1.165) is 6.07 Å². The summed E-state index contributed by atoms with van der Waals surface area (Å²) in [6.45, 7) is 1.78. The molecule has 0 spiro atoms. The van der Waals surface area contributed by atoms with Gasteiger partial charge in [-0.15, -0.1) is 0 Å². The van der Waals surface area contributed by atoms with Crippen molar-refractivity contribution in [3.8, 4) is 6.07 Å². The number of nitriles is 1. The van der Waals surface area contributed by atoms with Gasteiger partial charge in [-0.1, -0.05) is 6.07 Å². The first-order chi connectivity index (χ1) is 9.11. The summed E-state index contributed by atoms with van der Waals surface area (Å²) in [4.78, 5) is 11.8. The molecule has 5 nitrogen and oxygen atoms in total. The van der Waals surface area contributed by atoms with Crippen LogP contribution in [0.4, 0.5) is 4.39 Å². The average molecular weight is 258 g/mol. The molecule has 19 heavy (non-hydrogen) atoms. The van der Waals surface area contributed by atoms with Crippen molar-refractivity contribution in [2.45, 2.75) is 13.5 Å². The van der Waals surface area contributed by atoms with Gasteiger partial charge in [-0.3, -0.25) is 9.89 Å². The Bertz CT molecular complexity index is 657. The van der Waals surface area contributed by atoms with E-state index in [1.165, 1.54) is 18.3 Å². The number of hydrogen-bond donors (Lipinski definition) is 2. The number of H-pyrrole nitrogens is 1. The van der Waals surface area contributed by atoms with Crippen molar-refractivity contribution in [3.05, 3.63) is 52.6 Å². The number of hydrogen-bond acceptors (Lipinski definition) is 3.